The Labute approximate surface area is 139 Å². The quantitative estimate of drug-likeness (QED) is 0.569. The minimum atomic E-state index is -0.436. The molecule has 1 aliphatic heterocycles. The molecule has 3 aromatic rings. The molecule has 4 rings (SSSR count). The molecule has 2 nitrogen and oxygen atoms in total. The van der Waals surface area contributed by atoms with E-state index < -0.39 is 5.62 Å². The molecule has 1 unspecified atom stereocenters. The van der Waals surface area contributed by atoms with Crippen molar-refractivity contribution in [2.75, 3.05) is 0 Å². The largest absolute Gasteiger partial charge is 0.350 e. The summed E-state index contributed by atoms with van der Waals surface area (Å²) in [5, 5.41) is 5.27. The van der Waals surface area contributed by atoms with Crippen molar-refractivity contribution >= 4 is 17.3 Å². The Hall–Kier alpha value is -2.58. The summed E-state index contributed by atoms with van der Waals surface area (Å²) >= 11 is 6.22. The van der Waals surface area contributed by atoms with Crippen molar-refractivity contribution in [2.24, 2.45) is 4.99 Å². The van der Waals surface area contributed by atoms with Crippen LogP contribution in [0.25, 0.3) is 16.8 Å². The van der Waals surface area contributed by atoms with E-state index in [-0.39, 0.29) is 0 Å². The summed E-state index contributed by atoms with van der Waals surface area (Å²) in [5.74, 6) is 0. The SMILES string of the molecule is ClC1N=c2ccccc2=C(c2ccc(-c3ccccc3)cc2)N1. The Morgan fingerprint density at radius 1 is 0.696 bits per heavy atom. The maximum absolute atomic E-state index is 6.22. The second kappa shape index (κ2) is 5.90. The van der Waals surface area contributed by atoms with E-state index >= 15 is 0 Å². The monoisotopic (exact) mass is 318 g/mol. The summed E-state index contributed by atoms with van der Waals surface area (Å²) in [6.45, 7) is 0. The van der Waals surface area contributed by atoms with E-state index in [1.807, 2.05) is 24.3 Å². The average Bonchev–Trinajstić information content (AvgIpc) is 2.62. The summed E-state index contributed by atoms with van der Waals surface area (Å²) in [6, 6.07) is 26.9. The molecule has 112 valence electrons. The summed E-state index contributed by atoms with van der Waals surface area (Å²) in [6.07, 6.45) is 0. The normalized spacial score (nSPS) is 16.2. The Balaban J connectivity index is 1.82. The van der Waals surface area contributed by atoms with Crippen LogP contribution in [0.15, 0.2) is 83.9 Å². The van der Waals surface area contributed by atoms with E-state index in [2.05, 4.69) is 64.9 Å². The van der Waals surface area contributed by atoms with Gasteiger partial charge in [-0.3, -0.25) is 0 Å². The van der Waals surface area contributed by atoms with Gasteiger partial charge in [0, 0.05) is 5.22 Å². The van der Waals surface area contributed by atoms with Crippen LogP contribution in [-0.2, 0) is 0 Å². The van der Waals surface area contributed by atoms with Crippen LogP contribution in [-0.4, -0.2) is 5.62 Å². The molecular formula is C20H15ClN2. The molecule has 0 amide bonds. The topological polar surface area (TPSA) is 24.4 Å². The lowest BCUT2D eigenvalue weighted by atomic mass is 10.0. The molecule has 3 heteroatoms. The summed E-state index contributed by atoms with van der Waals surface area (Å²) in [5.41, 5.74) is 4.11. The van der Waals surface area contributed by atoms with Gasteiger partial charge in [0.05, 0.1) is 11.1 Å². The van der Waals surface area contributed by atoms with Crippen molar-refractivity contribution in [2.45, 2.75) is 5.62 Å². The molecule has 23 heavy (non-hydrogen) atoms. The van der Waals surface area contributed by atoms with Crippen molar-refractivity contribution in [3.05, 3.63) is 95.0 Å². The second-order valence-corrected chi connectivity index (χ2v) is 5.86. The highest BCUT2D eigenvalue weighted by molar-refractivity contribution is 6.20. The van der Waals surface area contributed by atoms with Crippen molar-refractivity contribution < 1.29 is 0 Å². The molecule has 0 aromatic heterocycles. The number of para-hydroxylation sites is 1. The first kappa shape index (κ1) is 14.0. The molecular weight excluding hydrogens is 304 g/mol. The fraction of sp³-hybridized carbons (Fsp3) is 0.0500. The third kappa shape index (κ3) is 2.73. The van der Waals surface area contributed by atoms with Gasteiger partial charge in [-0.25, -0.2) is 4.99 Å². The van der Waals surface area contributed by atoms with E-state index in [0.29, 0.717) is 0 Å². The lowest BCUT2D eigenvalue weighted by Crippen LogP contribution is -2.41. The smallest absolute Gasteiger partial charge is 0.196 e. The van der Waals surface area contributed by atoms with Crippen LogP contribution in [0.3, 0.4) is 0 Å². The average molecular weight is 319 g/mol. The maximum atomic E-state index is 6.22. The van der Waals surface area contributed by atoms with Gasteiger partial charge >= 0.3 is 0 Å². The molecule has 1 N–H and O–H groups in total. The predicted octanol–water partition coefficient (Wildman–Crippen LogP) is 3.26. The molecule has 0 radical (unpaired) electrons. The number of nitrogens with zero attached hydrogens (tertiary/aromatic N) is 1. The third-order valence-corrected chi connectivity index (χ3v) is 4.18. The number of hydrogen-bond donors (Lipinski definition) is 1. The van der Waals surface area contributed by atoms with Crippen LogP contribution in [0.1, 0.15) is 5.56 Å². The standard InChI is InChI=1S/C20H15ClN2/c21-20-22-18-9-5-4-8-17(18)19(23-20)16-12-10-15(11-13-16)14-6-2-1-3-7-14/h1-13,20,23H. The summed E-state index contributed by atoms with van der Waals surface area (Å²) < 4.78 is 0. The third-order valence-electron chi connectivity index (χ3n) is 3.97. The molecule has 1 aliphatic rings. The first-order chi connectivity index (χ1) is 11.3. The van der Waals surface area contributed by atoms with Crippen LogP contribution in [0.2, 0.25) is 0 Å². The highest BCUT2D eigenvalue weighted by Gasteiger charge is 2.13. The molecule has 0 bridgehead atoms. The fourth-order valence-electron chi connectivity index (χ4n) is 2.85. The zero-order valence-corrected chi connectivity index (χ0v) is 13.2. The van der Waals surface area contributed by atoms with Gasteiger partial charge in [0.1, 0.15) is 0 Å². The fourth-order valence-corrected chi connectivity index (χ4v) is 3.06. The van der Waals surface area contributed by atoms with Crippen molar-refractivity contribution in [3.63, 3.8) is 0 Å². The Bertz CT molecular complexity index is 947. The van der Waals surface area contributed by atoms with Gasteiger partial charge < -0.3 is 5.32 Å². The highest BCUT2D eigenvalue weighted by atomic mass is 35.5. The van der Waals surface area contributed by atoms with Crippen molar-refractivity contribution in [3.8, 4) is 11.1 Å². The Kier molecular flexibility index (Phi) is 3.60. The van der Waals surface area contributed by atoms with E-state index in [1.165, 1.54) is 11.1 Å². The molecule has 1 atom stereocenters. The maximum Gasteiger partial charge on any atom is 0.196 e. The zero-order valence-electron chi connectivity index (χ0n) is 12.4. The minimum Gasteiger partial charge on any atom is -0.350 e. The zero-order chi connectivity index (χ0) is 15.6. The van der Waals surface area contributed by atoms with Gasteiger partial charge in [0.15, 0.2) is 5.62 Å². The Morgan fingerprint density at radius 3 is 2.09 bits per heavy atom. The first-order valence-corrected chi connectivity index (χ1v) is 7.98. The minimum absolute atomic E-state index is 0.436. The van der Waals surface area contributed by atoms with Crippen molar-refractivity contribution in [1.82, 2.24) is 5.32 Å². The van der Waals surface area contributed by atoms with Crippen LogP contribution in [0, 0.1) is 0 Å². The Morgan fingerprint density at radius 2 is 1.30 bits per heavy atom. The van der Waals surface area contributed by atoms with Crippen molar-refractivity contribution in [1.29, 1.82) is 0 Å². The molecule has 1 heterocycles. The van der Waals surface area contributed by atoms with Crippen LogP contribution in [0.5, 0.6) is 0 Å². The molecule has 0 aliphatic carbocycles. The van der Waals surface area contributed by atoms with E-state index in [0.717, 1.165) is 21.8 Å². The van der Waals surface area contributed by atoms with Gasteiger partial charge in [0.2, 0.25) is 0 Å². The predicted molar refractivity (Wildman–Crippen MR) is 94.4 cm³/mol. The summed E-state index contributed by atoms with van der Waals surface area (Å²) in [4.78, 5) is 4.42. The first-order valence-electron chi connectivity index (χ1n) is 7.55. The highest BCUT2D eigenvalue weighted by Crippen LogP contribution is 2.21. The lowest BCUT2D eigenvalue weighted by Gasteiger charge is -2.18. The number of rotatable bonds is 2. The van der Waals surface area contributed by atoms with Gasteiger partial charge in [0.25, 0.3) is 0 Å². The van der Waals surface area contributed by atoms with Gasteiger partial charge in [-0.05, 0) is 22.8 Å². The van der Waals surface area contributed by atoms with Gasteiger partial charge in [-0.15, -0.1) is 0 Å². The van der Waals surface area contributed by atoms with E-state index in [1.54, 1.807) is 0 Å². The van der Waals surface area contributed by atoms with Gasteiger partial charge in [-0.1, -0.05) is 84.4 Å². The number of nitrogens with one attached hydrogen (secondary N) is 1. The number of alkyl halides is 1. The molecule has 0 spiro atoms. The van der Waals surface area contributed by atoms with Crippen LogP contribution in [0.4, 0.5) is 0 Å². The van der Waals surface area contributed by atoms with Crippen LogP contribution >= 0.6 is 11.6 Å². The molecule has 0 saturated carbocycles. The molecule has 0 fully saturated rings. The van der Waals surface area contributed by atoms with Crippen LogP contribution < -0.4 is 15.9 Å². The lowest BCUT2D eigenvalue weighted by molar-refractivity contribution is 0.776. The number of benzene rings is 3. The number of halogens is 1. The number of hydrogen-bond acceptors (Lipinski definition) is 2. The van der Waals surface area contributed by atoms with Gasteiger partial charge in [-0.2, -0.15) is 0 Å². The molecule has 3 aromatic carbocycles. The number of fused-ring (bicyclic) bond motifs is 1. The van der Waals surface area contributed by atoms with E-state index in [9.17, 15) is 0 Å². The molecule has 0 saturated heterocycles. The summed E-state index contributed by atoms with van der Waals surface area (Å²) in [7, 11) is 0. The van der Waals surface area contributed by atoms with E-state index in [4.69, 9.17) is 11.6 Å². The second-order valence-electron chi connectivity index (χ2n) is 5.44.